The monoisotopic (exact) mass is 330 g/mol. The molecule has 5 nitrogen and oxygen atoms in total. The number of nitro groups is 1. The third-order valence-electron chi connectivity index (χ3n) is 3.20. The zero-order chi connectivity index (χ0) is 16.7. The molecule has 0 radical (unpaired) electrons. The van der Waals surface area contributed by atoms with Crippen molar-refractivity contribution in [3.63, 3.8) is 0 Å². The minimum absolute atomic E-state index is 0.0773. The Labute approximate surface area is 139 Å². The van der Waals surface area contributed by atoms with Crippen molar-refractivity contribution in [3.05, 3.63) is 75.3 Å². The van der Waals surface area contributed by atoms with Gasteiger partial charge < -0.3 is 5.32 Å². The molecule has 1 amide bonds. The first-order valence-electron chi connectivity index (χ1n) is 7.22. The minimum atomic E-state index is -0.505. The van der Waals surface area contributed by atoms with Crippen LogP contribution in [0, 0.1) is 17.0 Å². The van der Waals surface area contributed by atoms with Gasteiger partial charge in [0.25, 0.3) is 11.6 Å². The Balaban J connectivity index is 1.74. The third-order valence-corrected chi connectivity index (χ3v) is 4.23. The molecule has 0 spiro atoms. The average Bonchev–Trinajstić information content (AvgIpc) is 2.54. The highest BCUT2D eigenvalue weighted by Gasteiger charge is 2.10. The van der Waals surface area contributed by atoms with Crippen LogP contribution in [-0.4, -0.2) is 23.1 Å². The summed E-state index contributed by atoms with van der Waals surface area (Å²) >= 11 is 1.74. The molecule has 0 bridgehead atoms. The van der Waals surface area contributed by atoms with Crippen molar-refractivity contribution in [3.8, 4) is 0 Å². The van der Waals surface area contributed by atoms with E-state index in [1.54, 1.807) is 17.8 Å². The van der Waals surface area contributed by atoms with Crippen LogP contribution in [0.2, 0.25) is 0 Å². The van der Waals surface area contributed by atoms with Gasteiger partial charge in [0.1, 0.15) is 0 Å². The SMILES string of the molecule is Cc1cccc(CSCCNC(=O)c2cccc([N+](=O)[O-])c2)c1. The van der Waals surface area contributed by atoms with Crippen molar-refractivity contribution in [2.75, 3.05) is 12.3 Å². The van der Waals surface area contributed by atoms with Crippen molar-refractivity contribution in [2.24, 2.45) is 0 Å². The molecule has 0 unspecified atom stereocenters. The zero-order valence-electron chi connectivity index (χ0n) is 12.8. The number of aryl methyl sites for hydroxylation is 1. The number of hydrogen-bond donors (Lipinski definition) is 1. The van der Waals surface area contributed by atoms with Gasteiger partial charge in [-0.05, 0) is 18.6 Å². The molecule has 0 saturated carbocycles. The lowest BCUT2D eigenvalue weighted by atomic mass is 10.2. The van der Waals surface area contributed by atoms with E-state index in [0.717, 1.165) is 11.5 Å². The molecule has 6 heteroatoms. The lowest BCUT2D eigenvalue weighted by Gasteiger charge is -2.06. The van der Waals surface area contributed by atoms with Crippen molar-refractivity contribution in [1.82, 2.24) is 5.32 Å². The van der Waals surface area contributed by atoms with Gasteiger partial charge in [-0.1, -0.05) is 35.9 Å². The summed E-state index contributed by atoms with van der Waals surface area (Å²) in [5.74, 6) is 1.40. The molecule has 0 aliphatic rings. The Morgan fingerprint density at radius 1 is 1.22 bits per heavy atom. The van der Waals surface area contributed by atoms with Gasteiger partial charge in [-0.2, -0.15) is 11.8 Å². The highest BCUT2D eigenvalue weighted by atomic mass is 32.2. The summed E-state index contributed by atoms with van der Waals surface area (Å²) in [6, 6.07) is 14.1. The predicted octanol–water partition coefficient (Wildman–Crippen LogP) is 3.57. The molecule has 0 aromatic heterocycles. The quantitative estimate of drug-likeness (QED) is 0.478. The number of benzene rings is 2. The van der Waals surface area contributed by atoms with Crippen LogP contribution in [0.5, 0.6) is 0 Å². The lowest BCUT2D eigenvalue weighted by Crippen LogP contribution is -2.25. The standard InChI is InChI=1S/C17H18N2O3S/c1-13-4-2-5-14(10-13)12-23-9-8-18-17(20)15-6-3-7-16(11-15)19(21)22/h2-7,10-11H,8-9,12H2,1H3,(H,18,20). The summed E-state index contributed by atoms with van der Waals surface area (Å²) in [5, 5.41) is 13.5. The van der Waals surface area contributed by atoms with Gasteiger partial charge in [-0.3, -0.25) is 14.9 Å². The summed E-state index contributed by atoms with van der Waals surface area (Å²) in [6.45, 7) is 2.59. The number of nitrogens with zero attached hydrogens (tertiary/aromatic N) is 1. The van der Waals surface area contributed by atoms with Gasteiger partial charge in [-0.15, -0.1) is 0 Å². The van der Waals surface area contributed by atoms with E-state index >= 15 is 0 Å². The van der Waals surface area contributed by atoms with Crippen LogP contribution in [0.15, 0.2) is 48.5 Å². The summed E-state index contributed by atoms with van der Waals surface area (Å²) < 4.78 is 0. The van der Waals surface area contributed by atoms with Crippen LogP contribution in [0.25, 0.3) is 0 Å². The van der Waals surface area contributed by atoms with E-state index in [9.17, 15) is 14.9 Å². The number of hydrogen-bond acceptors (Lipinski definition) is 4. The number of nitrogens with one attached hydrogen (secondary N) is 1. The first-order chi connectivity index (χ1) is 11.1. The molecular weight excluding hydrogens is 312 g/mol. The van der Waals surface area contributed by atoms with Crippen molar-refractivity contribution < 1.29 is 9.72 Å². The van der Waals surface area contributed by atoms with E-state index in [2.05, 4.69) is 30.4 Å². The van der Waals surface area contributed by atoms with Gasteiger partial charge in [0.05, 0.1) is 4.92 Å². The molecule has 2 rings (SSSR count). The number of nitro benzene ring substituents is 1. The maximum absolute atomic E-state index is 12.0. The van der Waals surface area contributed by atoms with Crippen molar-refractivity contribution in [2.45, 2.75) is 12.7 Å². The van der Waals surface area contributed by atoms with Gasteiger partial charge in [0, 0.05) is 35.7 Å². The highest BCUT2D eigenvalue weighted by Crippen LogP contribution is 2.14. The van der Waals surface area contributed by atoms with Crippen LogP contribution in [0.3, 0.4) is 0 Å². The summed E-state index contributed by atoms with van der Waals surface area (Å²) in [4.78, 5) is 22.2. The first-order valence-corrected chi connectivity index (χ1v) is 8.37. The van der Waals surface area contributed by atoms with E-state index in [4.69, 9.17) is 0 Å². The number of rotatable bonds is 7. The van der Waals surface area contributed by atoms with Crippen LogP contribution in [0.1, 0.15) is 21.5 Å². The molecule has 2 aromatic carbocycles. The second-order valence-corrected chi connectivity index (χ2v) is 6.21. The second kappa shape index (κ2) is 8.33. The topological polar surface area (TPSA) is 72.2 Å². The molecular formula is C17H18N2O3S. The Hall–Kier alpha value is -2.34. The molecule has 0 fully saturated rings. The largest absolute Gasteiger partial charge is 0.351 e. The van der Waals surface area contributed by atoms with Crippen molar-refractivity contribution >= 4 is 23.4 Å². The molecule has 23 heavy (non-hydrogen) atoms. The number of carbonyl (C=O) groups excluding carboxylic acids is 1. The summed E-state index contributed by atoms with van der Waals surface area (Å²) in [5.41, 5.74) is 2.73. The fourth-order valence-corrected chi connectivity index (χ4v) is 2.90. The number of amides is 1. The van der Waals surface area contributed by atoms with Gasteiger partial charge in [0.15, 0.2) is 0 Å². The fraction of sp³-hybridized carbons (Fsp3) is 0.235. The molecule has 0 aliphatic carbocycles. The van der Waals surface area contributed by atoms with Gasteiger partial charge in [0.2, 0.25) is 0 Å². The first kappa shape index (κ1) is 17.0. The molecule has 0 saturated heterocycles. The third kappa shape index (κ3) is 5.41. The smallest absolute Gasteiger partial charge is 0.270 e. The fourth-order valence-electron chi connectivity index (χ4n) is 2.09. The van der Waals surface area contributed by atoms with E-state index in [-0.39, 0.29) is 11.6 Å². The van der Waals surface area contributed by atoms with Crippen LogP contribution in [-0.2, 0) is 5.75 Å². The normalized spacial score (nSPS) is 10.3. The highest BCUT2D eigenvalue weighted by molar-refractivity contribution is 7.98. The van der Waals surface area contributed by atoms with Crippen LogP contribution >= 0.6 is 11.8 Å². The Morgan fingerprint density at radius 3 is 2.74 bits per heavy atom. The van der Waals surface area contributed by atoms with E-state index in [1.165, 1.54) is 29.3 Å². The molecule has 0 heterocycles. The average molecular weight is 330 g/mol. The van der Waals surface area contributed by atoms with Crippen LogP contribution in [0.4, 0.5) is 5.69 Å². The summed E-state index contributed by atoms with van der Waals surface area (Å²) in [6.07, 6.45) is 0. The molecule has 120 valence electrons. The van der Waals surface area contributed by atoms with E-state index in [0.29, 0.717) is 12.1 Å². The van der Waals surface area contributed by atoms with E-state index < -0.39 is 4.92 Å². The number of thioether (sulfide) groups is 1. The van der Waals surface area contributed by atoms with Gasteiger partial charge >= 0.3 is 0 Å². The minimum Gasteiger partial charge on any atom is -0.351 e. The predicted molar refractivity (Wildman–Crippen MR) is 92.8 cm³/mol. The van der Waals surface area contributed by atoms with Crippen LogP contribution < -0.4 is 5.32 Å². The lowest BCUT2D eigenvalue weighted by molar-refractivity contribution is -0.384. The van der Waals surface area contributed by atoms with Crippen molar-refractivity contribution in [1.29, 1.82) is 0 Å². The molecule has 0 atom stereocenters. The Morgan fingerprint density at radius 2 is 2.00 bits per heavy atom. The van der Waals surface area contributed by atoms with Gasteiger partial charge in [-0.25, -0.2) is 0 Å². The second-order valence-electron chi connectivity index (χ2n) is 5.10. The van der Waals surface area contributed by atoms with E-state index in [1.807, 2.05) is 6.07 Å². The molecule has 1 N–H and O–H groups in total. The summed E-state index contributed by atoms with van der Waals surface area (Å²) in [7, 11) is 0. The molecule has 0 aliphatic heterocycles. The maximum Gasteiger partial charge on any atom is 0.270 e. The maximum atomic E-state index is 12.0. The molecule has 2 aromatic rings. The Kier molecular flexibility index (Phi) is 6.17. The number of carbonyl (C=O) groups is 1. The zero-order valence-corrected chi connectivity index (χ0v) is 13.6. The number of non-ortho nitro benzene ring substituents is 1. The Bertz CT molecular complexity index is 704.